The Kier molecular flexibility index (Phi) is 4.44. The number of benzene rings is 1. The van der Waals surface area contributed by atoms with Crippen molar-refractivity contribution in [1.82, 2.24) is 4.98 Å². The zero-order chi connectivity index (χ0) is 15.5. The first kappa shape index (κ1) is 15.3. The van der Waals surface area contributed by atoms with E-state index < -0.39 is 10.0 Å². The molecule has 21 heavy (non-hydrogen) atoms. The second-order valence-corrected chi connectivity index (χ2v) is 6.20. The smallest absolute Gasteiger partial charge is 0.238 e. The number of hydrogen-bond acceptors (Lipinski definition) is 5. The third-order valence-electron chi connectivity index (χ3n) is 3.07. The van der Waals surface area contributed by atoms with Crippen LogP contribution >= 0.6 is 0 Å². The quantitative estimate of drug-likeness (QED) is 0.811. The highest BCUT2D eigenvalue weighted by Crippen LogP contribution is 2.24. The monoisotopic (exact) mass is 306 g/mol. The van der Waals surface area contributed by atoms with Gasteiger partial charge in [-0.15, -0.1) is 0 Å². The second-order valence-electron chi connectivity index (χ2n) is 4.64. The molecule has 112 valence electrons. The molecule has 0 saturated heterocycles. The summed E-state index contributed by atoms with van der Waals surface area (Å²) in [6.07, 6.45) is 1.72. The molecule has 0 unspecified atom stereocenters. The van der Waals surface area contributed by atoms with Crippen molar-refractivity contribution < 1.29 is 8.42 Å². The van der Waals surface area contributed by atoms with E-state index in [4.69, 9.17) is 10.9 Å². The number of primary sulfonamides is 1. The van der Waals surface area contributed by atoms with E-state index in [-0.39, 0.29) is 4.90 Å². The van der Waals surface area contributed by atoms with Crippen LogP contribution in [0.4, 0.5) is 11.4 Å². The van der Waals surface area contributed by atoms with Crippen LogP contribution in [0, 0.1) is 0 Å². The fourth-order valence-corrected chi connectivity index (χ4v) is 2.61. The Morgan fingerprint density at radius 3 is 2.57 bits per heavy atom. The van der Waals surface area contributed by atoms with Gasteiger partial charge in [0.25, 0.3) is 0 Å². The van der Waals surface area contributed by atoms with Crippen LogP contribution in [-0.4, -0.2) is 19.9 Å². The minimum Gasteiger partial charge on any atom is -0.399 e. The predicted molar refractivity (Wildman–Crippen MR) is 83.2 cm³/mol. The van der Waals surface area contributed by atoms with Crippen molar-refractivity contribution in [3.8, 4) is 0 Å². The molecule has 0 aliphatic carbocycles. The largest absolute Gasteiger partial charge is 0.399 e. The molecule has 1 heterocycles. The number of nitrogens with zero attached hydrogens (tertiary/aromatic N) is 2. The average molecular weight is 306 g/mol. The number of aromatic nitrogens is 1. The van der Waals surface area contributed by atoms with Gasteiger partial charge < -0.3 is 10.6 Å². The Morgan fingerprint density at radius 1 is 1.24 bits per heavy atom. The Balaban J connectivity index is 2.36. The number of nitrogens with two attached hydrogens (primary N) is 2. The molecule has 0 radical (unpaired) electrons. The van der Waals surface area contributed by atoms with Gasteiger partial charge in [0, 0.05) is 24.1 Å². The van der Waals surface area contributed by atoms with Crippen molar-refractivity contribution >= 4 is 21.4 Å². The van der Waals surface area contributed by atoms with E-state index in [1.54, 1.807) is 12.3 Å². The molecular weight excluding hydrogens is 288 g/mol. The lowest BCUT2D eigenvalue weighted by Gasteiger charge is -2.23. The summed E-state index contributed by atoms with van der Waals surface area (Å²) >= 11 is 0. The van der Waals surface area contributed by atoms with Gasteiger partial charge in [-0.1, -0.05) is 6.07 Å². The molecular formula is C14H18N4O2S. The van der Waals surface area contributed by atoms with Gasteiger partial charge in [0.1, 0.15) is 0 Å². The molecule has 1 aromatic carbocycles. The van der Waals surface area contributed by atoms with Gasteiger partial charge >= 0.3 is 0 Å². The Labute approximate surface area is 124 Å². The van der Waals surface area contributed by atoms with Crippen molar-refractivity contribution in [3.05, 3.63) is 48.3 Å². The molecule has 6 nitrogen and oxygen atoms in total. The minimum absolute atomic E-state index is 0.0111. The molecule has 0 aliphatic rings. The van der Waals surface area contributed by atoms with Gasteiger partial charge in [-0.2, -0.15) is 0 Å². The van der Waals surface area contributed by atoms with Gasteiger partial charge in [0.2, 0.25) is 10.0 Å². The van der Waals surface area contributed by atoms with Crippen molar-refractivity contribution in [3.63, 3.8) is 0 Å². The maximum Gasteiger partial charge on any atom is 0.238 e. The van der Waals surface area contributed by atoms with Crippen LogP contribution < -0.4 is 15.8 Å². The van der Waals surface area contributed by atoms with Crippen molar-refractivity contribution in [1.29, 1.82) is 0 Å². The summed E-state index contributed by atoms with van der Waals surface area (Å²) < 4.78 is 23.0. The van der Waals surface area contributed by atoms with Gasteiger partial charge in [0.05, 0.1) is 17.1 Å². The Hall–Kier alpha value is -2.12. The highest BCUT2D eigenvalue weighted by molar-refractivity contribution is 7.89. The number of sulfonamides is 1. The Bertz CT molecular complexity index is 717. The average Bonchev–Trinajstić information content (AvgIpc) is 2.44. The highest BCUT2D eigenvalue weighted by Gasteiger charge is 2.13. The molecule has 4 N–H and O–H groups in total. The molecule has 0 fully saturated rings. The minimum atomic E-state index is -3.78. The third kappa shape index (κ3) is 3.93. The molecule has 2 aromatic rings. The van der Waals surface area contributed by atoms with E-state index in [9.17, 15) is 8.42 Å². The standard InChI is InChI=1S/C14H18N4O2S/c1-2-18(10-12-5-3-4-6-17-12)13-7-11(15)8-14(9-13)21(16,19)20/h3-9H,2,10,15H2,1H3,(H2,16,19,20). The fraction of sp³-hybridized carbons (Fsp3) is 0.214. The van der Waals surface area contributed by atoms with E-state index in [0.717, 1.165) is 5.69 Å². The van der Waals surface area contributed by atoms with Gasteiger partial charge in [-0.25, -0.2) is 13.6 Å². The first-order chi connectivity index (χ1) is 9.90. The van der Waals surface area contributed by atoms with Crippen molar-refractivity contribution in [2.24, 2.45) is 5.14 Å². The van der Waals surface area contributed by atoms with Crippen LogP contribution in [0.1, 0.15) is 12.6 Å². The zero-order valence-electron chi connectivity index (χ0n) is 11.7. The lowest BCUT2D eigenvalue weighted by molar-refractivity contribution is 0.598. The van der Waals surface area contributed by atoms with Crippen LogP contribution in [0.3, 0.4) is 0 Å². The normalized spacial score (nSPS) is 11.3. The van der Waals surface area contributed by atoms with Crippen molar-refractivity contribution in [2.45, 2.75) is 18.4 Å². The first-order valence-electron chi connectivity index (χ1n) is 6.48. The summed E-state index contributed by atoms with van der Waals surface area (Å²) in [5.41, 5.74) is 7.73. The SMILES string of the molecule is CCN(Cc1ccccn1)c1cc(N)cc(S(N)(=O)=O)c1. The van der Waals surface area contributed by atoms with Gasteiger partial charge in [-0.3, -0.25) is 4.98 Å². The van der Waals surface area contributed by atoms with Crippen LogP contribution in [0.15, 0.2) is 47.5 Å². The molecule has 0 aliphatic heterocycles. The molecule has 2 rings (SSSR count). The topological polar surface area (TPSA) is 102 Å². The fourth-order valence-electron chi connectivity index (χ4n) is 2.03. The maximum absolute atomic E-state index is 11.5. The maximum atomic E-state index is 11.5. The number of rotatable bonds is 5. The lowest BCUT2D eigenvalue weighted by atomic mass is 10.2. The van der Waals surface area contributed by atoms with Gasteiger partial charge in [0.15, 0.2) is 0 Å². The zero-order valence-corrected chi connectivity index (χ0v) is 12.5. The summed E-state index contributed by atoms with van der Waals surface area (Å²) in [4.78, 5) is 6.26. The Morgan fingerprint density at radius 2 is 2.00 bits per heavy atom. The van der Waals surface area contributed by atoms with E-state index in [1.807, 2.05) is 30.0 Å². The molecule has 0 amide bonds. The predicted octanol–water partition coefficient (Wildman–Crippen LogP) is 1.34. The van der Waals surface area contributed by atoms with E-state index in [0.29, 0.717) is 24.5 Å². The van der Waals surface area contributed by atoms with Crippen LogP contribution in [0.2, 0.25) is 0 Å². The summed E-state index contributed by atoms with van der Waals surface area (Å²) in [7, 11) is -3.78. The molecule has 0 bridgehead atoms. The van der Waals surface area contributed by atoms with E-state index >= 15 is 0 Å². The van der Waals surface area contributed by atoms with E-state index in [2.05, 4.69) is 4.98 Å². The first-order valence-corrected chi connectivity index (χ1v) is 8.03. The molecule has 1 aromatic heterocycles. The van der Waals surface area contributed by atoms with E-state index in [1.165, 1.54) is 12.1 Å². The van der Waals surface area contributed by atoms with Gasteiger partial charge in [-0.05, 0) is 37.3 Å². The lowest BCUT2D eigenvalue weighted by Crippen LogP contribution is -2.23. The molecule has 7 heteroatoms. The van der Waals surface area contributed by atoms with Crippen LogP contribution in [0.25, 0.3) is 0 Å². The van der Waals surface area contributed by atoms with Crippen molar-refractivity contribution in [2.75, 3.05) is 17.2 Å². The summed E-state index contributed by atoms with van der Waals surface area (Å²) in [5.74, 6) is 0. The molecule has 0 atom stereocenters. The summed E-state index contributed by atoms with van der Waals surface area (Å²) in [5, 5.41) is 5.17. The second kappa shape index (κ2) is 6.11. The number of pyridine rings is 1. The number of nitrogen functional groups attached to an aromatic ring is 1. The van der Waals surface area contributed by atoms with Crippen LogP contribution in [0.5, 0.6) is 0 Å². The molecule has 0 saturated carbocycles. The highest BCUT2D eigenvalue weighted by atomic mass is 32.2. The molecule has 0 spiro atoms. The van der Waals surface area contributed by atoms with Crippen LogP contribution in [-0.2, 0) is 16.6 Å². The number of hydrogen-bond donors (Lipinski definition) is 2. The summed E-state index contributed by atoms with van der Waals surface area (Å²) in [6.45, 7) is 3.22. The third-order valence-corrected chi connectivity index (χ3v) is 3.96. The number of anilines is 2. The summed E-state index contributed by atoms with van der Waals surface area (Å²) in [6, 6.07) is 10.3.